The number of hydrogen-bond donors (Lipinski definition) is 2. The molecule has 2 unspecified atom stereocenters. The van der Waals surface area contributed by atoms with E-state index in [0.717, 1.165) is 17.7 Å². The molecule has 1 aromatic carbocycles. The van der Waals surface area contributed by atoms with Gasteiger partial charge in [-0.2, -0.15) is 0 Å². The summed E-state index contributed by atoms with van der Waals surface area (Å²) in [7, 11) is -2.17. The van der Waals surface area contributed by atoms with Crippen molar-refractivity contribution in [2.75, 3.05) is 26.0 Å². The van der Waals surface area contributed by atoms with Gasteiger partial charge in [0.25, 0.3) is 0 Å². The predicted molar refractivity (Wildman–Crippen MR) is 97.5 cm³/mol. The fraction of sp³-hybridized carbons (Fsp3) is 0.556. The number of likely N-dealkylation sites (tertiary alicyclic amines) is 1. The van der Waals surface area contributed by atoms with Gasteiger partial charge in [0, 0.05) is 26.2 Å². The summed E-state index contributed by atoms with van der Waals surface area (Å²) in [4.78, 5) is 35.0. The Balaban J connectivity index is 1.82. The summed E-state index contributed by atoms with van der Waals surface area (Å²) in [6.07, 6.45) is 1.50. The summed E-state index contributed by atoms with van der Waals surface area (Å²) in [6, 6.07) is 8.86. The van der Waals surface area contributed by atoms with Gasteiger partial charge in [0.15, 0.2) is 0 Å². The molecule has 7 nitrogen and oxygen atoms in total. The Morgan fingerprint density at radius 2 is 1.96 bits per heavy atom. The molecule has 3 atom stereocenters. The molecule has 0 aromatic heterocycles. The lowest BCUT2D eigenvalue weighted by Gasteiger charge is -2.22. The van der Waals surface area contributed by atoms with Gasteiger partial charge < -0.3 is 19.6 Å². The smallest absolute Gasteiger partial charge is 0.326 e. The van der Waals surface area contributed by atoms with Gasteiger partial charge in [-0.25, -0.2) is 4.79 Å². The molecule has 0 saturated carbocycles. The number of rotatable bonds is 9. The zero-order valence-electron chi connectivity index (χ0n) is 14.9. The Hall–Kier alpha value is -1.69. The Morgan fingerprint density at radius 1 is 1.27 bits per heavy atom. The molecule has 1 fully saturated rings. The van der Waals surface area contributed by atoms with Crippen LogP contribution >= 0.6 is 7.37 Å². The van der Waals surface area contributed by atoms with Crippen LogP contribution in [-0.2, 0) is 25.3 Å². The Bertz CT molecular complexity index is 665. The summed E-state index contributed by atoms with van der Waals surface area (Å²) in [5.41, 5.74) is 1.17. The number of unbranched alkanes of at least 4 members (excludes halogenated alkanes) is 1. The van der Waals surface area contributed by atoms with Crippen LogP contribution in [0.5, 0.6) is 0 Å². The zero-order valence-corrected chi connectivity index (χ0v) is 15.8. The average molecular weight is 383 g/mol. The van der Waals surface area contributed by atoms with Gasteiger partial charge in [-0.1, -0.05) is 30.3 Å². The second kappa shape index (κ2) is 9.31. The third-order valence-electron chi connectivity index (χ3n) is 4.65. The van der Waals surface area contributed by atoms with Gasteiger partial charge in [0.2, 0.25) is 13.3 Å². The van der Waals surface area contributed by atoms with Crippen molar-refractivity contribution in [3.05, 3.63) is 35.9 Å². The van der Waals surface area contributed by atoms with Crippen molar-refractivity contribution in [2.45, 2.75) is 37.8 Å². The molecule has 144 valence electrons. The average Bonchev–Trinajstić information content (AvgIpc) is 3.04. The predicted octanol–water partition coefficient (Wildman–Crippen LogP) is 1.98. The van der Waals surface area contributed by atoms with Crippen LogP contribution in [0.1, 0.15) is 24.8 Å². The molecule has 0 bridgehead atoms. The zero-order chi connectivity index (χ0) is 19.2. The number of aryl methyl sites for hydroxylation is 1. The first-order valence-corrected chi connectivity index (χ1v) is 10.8. The maximum Gasteiger partial charge on any atom is 0.326 e. The number of carbonyl (C=O) groups is 2. The van der Waals surface area contributed by atoms with Crippen molar-refractivity contribution in [2.24, 2.45) is 0 Å². The minimum absolute atomic E-state index is 0.0604. The molecule has 2 rings (SSSR count). The summed E-state index contributed by atoms with van der Waals surface area (Å²) in [6.45, 7) is 0.139. The number of methoxy groups -OCH3 is 1. The second-order valence-electron chi connectivity index (χ2n) is 6.66. The van der Waals surface area contributed by atoms with Crippen LogP contribution in [0.3, 0.4) is 0 Å². The van der Waals surface area contributed by atoms with E-state index in [4.69, 9.17) is 4.74 Å². The molecule has 8 heteroatoms. The highest BCUT2D eigenvalue weighted by molar-refractivity contribution is 7.58. The number of benzene rings is 1. The van der Waals surface area contributed by atoms with Gasteiger partial charge in [-0.3, -0.25) is 9.36 Å². The summed E-state index contributed by atoms with van der Waals surface area (Å²) in [5.74, 6) is -1.71. The largest absolute Gasteiger partial charge is 0.480 e. The second-order valence-corrected chi connectivity index (χ2v) is 9.12. The van der Waals surface area contributed by atoms with E-state index in [1.807, 2.05) is 30.3 Å². The first kappa shape index (κ1) is 20.6. The molecular formula is C18H26NO6P. The summed E-state index contributed by atoms with van der Waals surface area (Å²) < 4.78 is 17.5. The molecule has 1 aliphatic heterocycles. The number of ether oxygens (including phenoxy) is 1. The van der Waals surface area contributed by atoms with E-state index in [0.29, 0.717) is 6.42 Å². The first-order chi connectivity index (χ1) is 12.3. The monoisotopic (exact) mass is 383 g/mol. The summed E-state index contributed by atoms with van der Waals surface area (Å²) >= 11 is 0. The summed E-state index contributed by atoms with van der Waals surface area (Å²) in [5, 5.41) is 9.24. The van der Waals surface area contributed by atoms with Gasteiger partial charge in [0.1, 0.15) is 12.2 Å². The van der Waals surface area contributed by atoms with Crippen molar-refractivity contribution < 1.29 is 28.9 Å². The van der Waals surface area contributed by atoms with Crippen molar-refractivity contribution in [3.63, 3.8) is 0 Å². The van der Waals surface area contributed by atoms with Crippen LogP contribution < -0.4 is 0 Å². The Morgan fingerprint density at radius 3 is 2.58 bits per heavy atom. The number of hydrogen-bond acceptors (Lipinski definition) is 4. The highest BCUT2D eigenvalue weighted by Crippen LogP contribution is 2.42. The van der Waals surface area contributed by atoms with Gasteiger partial charge in [-0.05, 0) is 24.8 Å². The maximum atomic E-state index is 12.4. The van der Waals surface area contributed by atoms with Crippen molar-refractivity contribution in [1.29, 1.82) is 0 Å². The lowest BCUT2D eigenvalue weighted by Crippen LogP contribution is -2.42. The van der Waals surface area contributed by atoms with E-state index in [1.54, 1.807) is 0 Å². The molecular weight excluding hydrogens is 357 g/mol. The Labute approximate surface area is 153 Å². The minimum Gasteiger partial charge on any atom is -0.480 e. The number of carbonyl (C=O) groups excluding carboxylic acids is 1. The third kappa shape index (κ3) is 5.94. The molecule has 1 saturated heterocycles. The van der Waals surface area contributed by atoms with E-state index >= 15 is 0 Å². The van der Waals surface area contributed by atoms with E-state index in [-0.39, 0.29) is 25.2 Å². The van der Waals surface area contributed by atoms with Crippen LogP contribution in [0.15, 0.2) is 30.3 Å². The molecule has 1 aliphatic rings. The normalized spacial score (nSPS) is 22.2. The van der Waals surface area contributed by atoms with Crippen LogP contribution in [-0.4, -0.2) is 64.9 Å². The molecule has 1 heterocycles. The van der Waals surface area contributed by atoms with Crippen LogP contribution in [0.4, 0.5) is 0 Å². The molecule has 0 spiro atoms. The fourth-order valence-electron chi connectivity index (χ4n) is 3.19. The van der Waals surface area contributed by atoms with Gasteiger partial charge in [0.05, 0.1) is 6.10 Å². The Kier molecular flexibility index (Phi) is 7.38. The quantitative estimate of drug-likeness (QED) is 0.499. The number of carboxylic acid groups (broad SMARTS) is 1. The lowest BCUT2D eigenvalue weighted by molar-refractivity contribution is -0.147. The van der Waals surface area contributed by atoms with Crippen molar-refractivity contribution in [3.8, 4) is 0 Å². The third-order valence-corrected chi connectivity index (χ3v) is 6.43. The number of amides is 1. The van der Waals surface area contributed by atoms with Crippen LogP contribution in [0.2, 0.25) is 0 Å². The molecule has 2 N–H and O–H groups in total. The molecule has 26 heavy (non-hydrogen) atoms. The lowest BCUT2D eigenvalue weighted by atomic mass is 10.1. The van der Waals surface area contributed by atoms with E-state index in [1.165, 1.54) is 12.7 Å². The maximum absolute atomic E-state index is 12.4. The number of nitrogens with zero attached hydrogens (tertiary/aromatic N) is 1. The first-order valence-electron chi connectivity index (χ1n) is 8.72. The highest BCUT2D eigenvalue weighted by Gasteiger charge is 2.41. The molecule has 1 amide bonds. The number of carboxylic acids is 1. The topological polar surface area (TPSA) is 104 Å². The van der Waals surface area contributed by atoms with Gasteiger partial charge >= 0.3 is 5.97 Å². The van der Waals surface area contributed by atoms with E-state index < -0.39 is 31.4 Å². The van der Waals surface area contributed by atoms with Crippen LogP contribution in [0.25, 0.3) is 0 Å². The molecule has 0 radical (unpaired) electrons. The van der Waals surface area contributed by atoms with Crippen LogP contribution in [0, 0.1) is 0 Å². The molecule has 1 aromatic rings. The van der Waals surface area contributed by atoms with E-state index in [2.05, 4.69) is 0 Å². The standard InChI is InChI=1S/C18H26NO6P/c1-25-15-11-16(18(21)22)19(12-15)17(20)13-26(23,24)10-6-5-9-14-7-3-2-4-8-14/h2-4,7-8,15-16H,5-6,9-13H2,1H3,(H,21,22)(H,23,24)/t15?,16-/m0/s1. The van der Waals surface area contributed by atoms with E-state index in [9.17, 15) is 24.2 Å². The highest BCUT2D eigenvalue weighted by atomic mass is 31.2. The molecule has 0 aliphatic carbocycles. The fourth-order valence-corrected chi connectivity index (χ4v) is 4.67. The van der Waals surface area contributed by atoms with Gasteiger partial charge in [-0.15, -0.1) is 0 Å². The minimum atomic E-state index is -3.63. The van der Waals surface area contributed by atoms with Crippen molar-refractivity contribution in [1.82, 2.24) is 4.90 Å². The number of aliphatic carboxylic acids is 1. The SMILES string of the molecule is COC1C[C@@H](C(=O)O)N(C(=O)CP(=O)(O)CCCCc2ccccc2)C1. The van der Waals surface area contributed by atoms with Crippen molar-refractivity contribution >= 4 is 19.2 Å².